The zero-order valence-electron chi connectivity index (χ0n) is 4.22. The van der Waals surface area contributed by atoms with Gasteiger partial charge in [-0.25, -0.2) is 0 Å². The molecule has 0 aliphatic rings. The first-order valence-electron chi connectivity index (χ1n) is 1.87. The van der Waals surface area contributed by atoms with E-state index in [1.54, 1.807) is 17.8 Å². The van der Waals surface area contributed by atoms with Crippen molar-refractivity contribution in [1.29, 1.82) is 0 Å². The maximum absolute atomic E-state index is 4.06. The summed E-state index contributed by atoms with van der Waals surface area (Å²) in [6.07, 6.45) is 5.55. The van der Waals surface area contributed by atoms with Gasteiger partial charge in [0, 0.05) is 4.24 Å². The molecule has 0 bridgehead atoms. The van der Waals surface area contributed by atoms with Crippen molar-refractivity contribution < 1.29 is 0 Å². The Balaban J connectivity index is 3.49. The summed E-state index contributed by atoms with van der Waals surface area (Å²) in [6, 6.07) is 0. The summed E-state index contributed by atoms with van der Waals surface area (Å²) in [7, 11) is 0. The molecule has 0 aromatic carbocycles. The van der Waals surface area contributed by atoms with Crippen LogP contribution in [0, 0.1) is 0 Å². The molecule has 0 N–H and O–H groups in total. The van der Waals surface area contributed by atoms with Crippen molar-refractivity contribution in [3.05, 3.63) is 23.0 Å². The van der Waals surface area contributed by atoms with Gasteiger partial charge >= 0.3 is 0 Å². The third-order valence-corrected chi connectivity index (χ3v) is 1.72. The Labute approximate surface area is 54.1 Å². The number of thiol groups is 1. The van der Waals surface area contributed by atoms with Crippen molar-refractivity contribution in [2.45, 2.75) is 0 Å². The Morgan fingerprint density at radius 2 is 2.43 bits per heavy atom. The standard InChI is InChI=1S/C5H8S2/c1-3-4-5(6)7-2/h3-4,6H,1H2,2H3/b5-4-. The Kier molecular flexibility index (Phi) is 4.45. The first-order valence-corrected chi connectivity index (χ1v) is 3.54. The van der Waals surface area contributed by atoms with Gasteiger partial charge in [-0.2, -0.15) is 0 Å². The van der Waals surface area contributed by atoms with Crippen LogP contribution < -0.4 is 0 Å². The van der Waals surface area contributed by atoms with E-state index in [-0.39, 0.29) is 0 Å². The lowest BCUT2D eigenvalue weighted by Crippen LogP contribution is -1.53. The molecule has 0 aliphatic carbocycles. The molecule has 0 atom stereocenters. The molecule has 0 heterocycles. The molecule has 0 aromatic rings. The maximum atomic E-state index is 4.06. The third kappa shape index (κ3) is 4.02. The molecule has 40 valence electrons. The third-order valence-electron chi connectivity index (χ3n) is 0.470. The second-order valence-electron chi connectivity index (χ2n) is 0.945. The molecule has 7 heavy (non-hydrogen) atoms. The first kappa shape index (κ1) is 7.18. The van der Waals surface area contributed by atoms with Crippen LogP contribution in [0.3, 0.4) is 0 Å². The van der Waals surface area contributed by atoms with Gasteiger partial charge in [0.2, 0.25) is 0 Å². The zero-order valence-corrected chi connectivity index (χ0v) is 5.93. The van der Waals surface area contributed by atoms with E-state index in [1.165, 1.54) is 0 Å². The largest absolute Gasteiger partial charge is 0.137 e. The Hall–Kier alpha value is 0.180. The lowest BCUT2D eigenvalue weighted by atomic mass is 10.6. The summed E-state index contributed by atoms with van der Waals surface area (Å²) in [5.74, 6) is 0. The fourth-order valence-corrected chi connectivity index (χ4v) is 0.507. The van der Waals surface area contributed by atoms with Crippen LogP contribution in [-0.4, -0.2) is 6.26 Å². The molecule has 0 nitrogen and oxygen atoms in total. The summed E-state index contributed by atoms with van der Waals surface area (Å²) in [5, 5.41) is 0. The van der Waals surface area contributed by atoms with E-state index in [2.05, 4.69) is 19.2 Å². The molecule has 0 saturated heterocycles. The van der Waals surface area contributed by atoms with Crippen molar-refractivity contribution in [2.24, 2.45) is 0 Å². The fraction of sp³-hybridized carbons (Fsp3) is 0.200. The van der Waals surface area contributed by atoms with Crippen LogP contribution in [0.15, 0.2) is 23.0 Å². The minimum Gasteiger partial charge on any atom is -0.137 e. The fourth-order valence-electron chi connectivity index (χ4n) is 0.169. The van der Waals surface area contributed by atoms with Gasteiger partial charge in [-0.1, -0.05) is 12.7 Å². The summed E-state index contributed by atoms with van der Waals surface area (Å²) >= 11 is 5.67. The van der Waals surface area contributed by atoms with Crippen molar-refractivity contribution in [1.82, 2.24) is 0 Å². The number of hydrogen-bond acceptors (Lipinski definition) is 2. The van der Waals surface area contributed by atoms with Gasteiger partial charge in [0.15, 0.2) is 0 Å². The molecule has 0 radical (unpaired) electrons. The van der Waals surface area contributed by atoms with Crippen LogP contribution in [0.25, 0.3) is 0 Å². The van der Waals surface area contributed by atoms with Gasteiger partial charge in [0.05, 0.1) is 0 Å². The van der Waals surface area contributed by atoms with Crippen LogP contribution in [0.1, 0.15) is 0 Å². The molecule has 0 spiro atoms. The SMILES string of the molecule is C=C/C=C(/S)SC. The van der Waals surface area contributed by atoms with Crippen molar-refractivity contribution in [3.63, 3.8) is 0 Å². The second kappa shape index (κ2) is 4.34. The quantitative estimate of drug-likeness (QED) is 0.444. The number of hydrogen-bond donors (Lipinski definition) is 1. The van der Waals surface area contributed by atoms with E-state index in [9.17, 15) is 0 Å². The Bertz CT molecular complexity index is 84.1. The first-order chi connectivity index (χ1) is 3.31. The number of thioether (sulfide) groups is 1. The number of allylic oxidation sites excluding steroid dienone is 2. The Morgan fingerprint density at radius 3 is 2.57 bits per heavy atom. The normalized spacial score (nSPS) is 11.4. The van der Waals surface area contributed by atoms with Gasteiger partial charge in [-0.05, 0) is 12.3 Å². The topological polar surface area (TPSA) is 0 Å². The maximum Gasteiger partial charge on any atom is 0.0367 e. The predicted octanol–water partition coefficient (Wildman–Crippen LogP) is 2.31. The Morgan fingerprint density at radius 1 is 1.86 bits per heavy atom. The van der Waals surface area contributed by atoms with Crippen LogP contribution in [0.2, 0.25) is 0 Å². The van der Waals surface area contributed by atoms with E-state index < -0.39 is 0 Å². The minimum atomic E-state index is 0.995. The van der Waals surface area contributed by atoms with Gasteiger partial charge in [-0.15, -0.1) is 24.4 Å². The average Bonchev–Trinajstić information content (AvgIpc) is 1.68. The average molecular weight is 132 g/mol. The zero-order chi connectivity index (χ0) is 5.70. The van der Waals surface area contributed by atoms with Gasteiger partial charge < -0.3 is 0 Å². The second-order valence-corrected chi connectivity index (χ2v) is 2.58. The van der Waals surface area contributed by atoms with Gasteiger partial charge in [0.1, 0.15) is 0 Å². The molecule has 0 aromatic heterocycles. The molecule has 0 rings (SSSR count). The molecule has 0 unspecified atom stereocenters. The molecule has 0 fully saturated rings. The van der Waals surface area contributed by atoms with E-state index >= 15 is 0 Å². The molecular weight excluding hydrogens is 124 g/mol. The lowest BCUT2D eigenvalue weighted by molar-refractivity contribution is 2.09. The van der Waals surface area contributed by atoms with Crippen LogP contribution in [0.4, 0.5) is 0 Å². The highest BCUT2D eigenvalue weighted by Crippen LogP contribution is 2.14. The monoisotopic (exact) mass is 132 g/mol. The van der Waals surface area contributed by atoms with Crippen molar-refractivity contribution in [3.8, 4) is 0 Å². The molecular formula is C5H8S2. The highest BCUT2D eigenvalue weighted by molar-refractivity contribution is 8.15. The number of rotatable bonds is 2. The van der Waals surface area contributed by atoms with Crippen LogP contribution in [0.5, 0.6) is 0 Å². The smallest absolute Gasteiger partial charge is 0.0367 e. The summed E-state index contributed by atoms with van der Waals surface area (Å²) in [4.78, 5) is 0. The van der Waals surface area contributed by atoms with E-state index in [4.69, 9.17) is 0 Å². The lowest BCUT2D eigenvalue weighted by Gasteiger charge is -1.84. The molecule has 0 amide bonds. The summed E-state index contributed by atoms with van der Waals surface area (Å²) < 4.78 is 0.995. The molecule has 0 aliphatic heterocycles. The van der Waals surface area contributed by atoms with E-state index in [0.29, 0.717) is 0 Å². The highest BCUT2D eigenvalue weighted by Gasteiger charge is 1.76. The van der Waals surface area contributed by atoms with Crippen molar-refractivity contribution in [2.75, 3.05) is 6.26 Å². The van der Waals surface area contributed by atoms with Gasteiger partial charge in [-0.3, -0.25) is 0 Å². The van der Waals surface area contributed by atoms with Gasteiger partial charge in [0.25, 0.3) is 0 Å². The summed E-state index contributed by atoms with van der Waals surface area (Å²) in [6.45, 7) is 3.51. The minimum absolute atomic E-state index is 0.995. The molecule has 0 saturated carbocycles. The van der Waals surface area contributed by atoms with E-state index in [1.807, 2.05) is 12.3 Å². The predicted molar refractivity (Wildman–Crippen MR) is 40.8 cm³/mol. The van der Waals surface area contributed by atoms with E-state index in [0.717, 1.165) is 4.24 Å². The van der Waals surface area contributed by atoms with Crippen LogP contribution in [-0.2, 0) is 0 Å². The highest BCUT2D eigenvalue weighted by atomic mass is 32.2. The van der Waals surface area contributed by atoms with Crippen molar-refractivity contribution >= 4 is 24.4 Å². The summed E-state index contributed by atoms with van der Waals surface area (Å²) in [5.41, 5.74) is 0. The van der Waals surface area contributed by atoms with Crippen LogP contribution >= 0.6 is 24.4 Å². The molecule has 2 heteroatoms.